The van der Waals surface area contributed by atoms with Gasteiger partial charge in [0, 0.05) is 10.2 Å². The molecule has 5 heteroatoms. The van der Waals surface area contributed by atoms with E-state index in [9.17, 15) is 9.18 Å². The molecule has 3 N–H and O–H groups in total. The maximum Gasteiger partial charge on any atom is 0.258 e. The van der Waals surface area contributed by atoms with Gasteiger partial charge in [0.2, 0.25) is 0 Å². The summed E-state index contributed by atoms with van der Waals surface area (Å²) in [6.07, 6.45) is 0. The second-order valence-electron chi connectivity index (χ2n) is 4.13. The van der Waals surface area contributed by atoms with Crippen molar-refractivity contribution in [1.29, 1.82) is 0 Å². The summed E-state index contributed by atoms with van der Waals surface area (Å²) in [6.45, 7) is 1.62. The van der Waals surface area contributed by atoms with Crippen LogP contribution in [0, 0.1) is 12.7 Å². The molecule has 0 aliphatic heterocycles. The molecule has 3 nitrogen and oxygen atoms in total. The number of halogens is 2. The molecule has 2 aromatic rings. The maximum atomic E-state index is 13.8. The molecule has 0 aliphatic carbocycles. The summed E-state index contributed by atoms with van der Waals surface area (Å²) >= 11 is 3.29. The number of benzene rings is 2. The third kappa shape index (κ3) is 2.93. The van der Waals surface area contributed by atoms with Crippen molar-refractivity contribution in [3.8, 4) is 0 Å². The molecule has 2 aromatic carbocycles. The van der Waals surface area contributed by atoms with Gasteiger partial charge in [-0.1, -0.05) is 12.1 Å². The monoisotopic (exact) mass is 322 g/mol. The van der Waals surface area contributed by atoms with Crippen molar-refractivity contribution in [2.75, 3.05) is 11.1 Å². The van der Waals surface area contributed by atoms with Crippen LogP contribution in [0.3, 0.4) is 0 Å². The summed E-state index contributed by atoms with van der Waals surface area (Å²) in [6, 6.07) is 9.69. The molecular weight excluding hydrogens is 311 g/mol. The average molecular weight is 323 g/mol. The quantitative estimate of drug-likeness (QED) is 0.828. The van der Waals surface area contributed by atoms with Crippen LogP contribution in [-0.2, 0) is 0 Å². The molecule has 0 aliphatic rings. The number of carbonyl (C=O) groups is 1. The van der Waals surface area contributed by atoms with Gasteiger partial charge in [-0.2, -0.15) is 0 Å². The van der Waals surface area contributed by atoms with Gasteiger partial charge in [0.15, 0.2) is 0 Å². The molecule has 98 valence electrons. The van der Waals surface area contributed by atoms with Gasteiger partial charge in [0.1, 0.15) is 5.82 Å². The summed E-state index contributed by atoms with van der Waals surface area (Å²) in [7, 11) is 0. The highest BCUT2D eigenvalue weighted by molar-refractivity contribution is 9.10. The Bertz CT molecular complexity index is 643. The van der Waals surface area contributed by atoms with Crippen molar-refractivity contribution in [3.63, 3.8) is 0 Å². The maximum absolute atomic E-state index is 13.8. The molecule has 0 atom stereocenters. The molecule has 19 heavy (non-hydrogen) atoms. The molecule has 0 aromatic heterocycles. The lowest BCUT2D eigenvalue weighted by molar-refractivity contribution is 0.102. The second-order valence-corrected chi connectivity index (χ2v) is 4.98. The number of amides is 1. The molecule has 0 fully saturated rings. The fraction of sp³-hybridized carbons (Fsp3) is 0.0714. The highest BCUT2D eigenvalue weighted by Gasteiger charge is 2.14. The predicted molar refractivity (Wildman–Crippen MR) is 77.6 cm³/mol. The third-order valence-corrected chi connectivity index (χ3v) is 3.33. The normalized spacial score (nSPS) is 10.3. The second kappa shape index (κ2) is 5.40. The van der Waals surface area contributed by atoms with E-state index in [1.54, 1.807) is 37.3 Å². The zero-order valence-corrected chi connectivity index (χ0v) is 11.8. The Labute approximate surface area is 118 Å². The van der Waals surface area contributed by atoms with Gasteiger partial charge in [-0.15, -0.1) is 0 Å². The Balaban J connectivity index is 2.28. The van der Waals surface area contributed by atoms with Crippen LogP contribution in [0.1, 0.15) is 15.9 Å². The number of hydrogen-bond acceptors (Lipinski definition) is 2. The molecule has 0 unspecified atom stereocenters. The molecular formula is C14H12BrFN2O. The zero-order chi connectivity index (χ0) is 14.0. The number of carbonyl (C=O) groups excluding carboxylic acids is 1. The van der Waals surface area contributed by atoms with E-state index in [4.69, 9.17) is 5.73 Å². The molecule has 0 saturated heterocycles. The molecule has 2 rings (SSSR count). The first-order chi connectivity index (χ1) is 8.99. The van der Waals surface area contributed by atoms with Crippen molar-refractivity contribution in [2.24, 2.45) is 0 Å². The lowest BCUT2D eigenvalue weighted by atomic mass is 10.1. The van der Waals surface area contributed by atoms with E-state index < -0.39 is 11.7 Å². The number of anilines is 2. The minimum atomic E-state index is -0.508. The van der Waals surface area contributed by atoms with E-state index in [1.165, 1.54) is 6.07 Å². The first-order valence-electron chi connectivity index (χ1n) is 5.60. The van der Waals surface area contributed by atoms with Crippen molar-refractivity contribution in [3.05, 3.63) is 57.8 Å². The number of nitrogens with two attached hydrogens (primary N) is 1. The van der Waals surface area contributed by atoms with Crippen LogP contribution in [0.2, 0.25) is 0 Å². The highest BCUT2D eigenvalue weighted by Crippen LogP contribution is 2.25. The topological polar surface area (TPSA) is 55.1 Å². The van der Waals surface area contributed by atoms with Gasteiger partial charge in [0.25, 0.3) is 5.91 Å². The lowest BCUT2D eigenvalue weighted by Gasteiger charge is -2.09. The Kier molecular flexibility index (Phi) is 3.85. The fourth-order valence-corrected chi connectivity index (χ4v) is 2.14. The van der Waals surface area contributed by atoms with Crippen LogP contribution in [-0.4, -0.2) is 5.91 Å². The SMILES string of the molecule is Cc1cccc(C(=O)Nc2ccc(N)cc2Br)c1F. The summed E-state index contributed by atoms with van der Waals surface area (Å²) in [4.78, 5) is 12.0. The smallest absolute Gasteiger partial charge is 0.258 e. The first-order valence-corrected chi connectivity index (χ1v) is 6.40. The van der Waals surface area contributed by atoms with Gasteiger partial charge < -0.3 is 11.1 Å². The average Bonchev–Trinajstić information content (AvgIpc) is 2.36. The van der Waals surface area contributed by atoms with Gasteiger partial charge in [-0.05, 0) is 52.7 Å². The molecule has 0 radical (unpaired) electrons. The molecule has 0 saturated carbocycles. The number of rotatable bonds is 2. The summed E-state index contributed by atoms with van der Waals surface area (Å²) in [5, 5.41) is 2.64. The molecule has 1 amide bonds. The first kappa shape index (κ1) is 13.5. The van der Waals surface area contributed by atoms with Gasteiger partial charge in [-0.3, -0.25) is 4.79 Å². The van der Waals surface area contributed by atoms with Gasteiger partial charge in [0.05, 0.1) is 11.3 Å². The summed E-state index contributed by atoms with van der Waals surface area (Å²) < 4.78 is 14.5. The standard InChI is InChI=1S/C14H12BrFN2O/c1-8-3-2-4-10(13(8)16)14(19)18-12-6-5-9(17)7-11(12)15/h2-7H,17H2,1H3,(H,18,19). The van der Waals surface area contributed by atoms with Gasteiger partial charge >= 0.3 is 0 Å². The number of aryl methyl sites for hydroxylation is 1. The highest BCUT2D eigenvalue weighted by atomic mass is 79.9. The lowest BCUT2D eigenvalue weighted by Crippen LogP contribution is -2.14. The van der Waals surface area contributed by atoms with Gasteiger partial charge in [-0.25, -0.2) is 4.39 Å². The Morgan fingerprint density at radius 1 is 1.32 bits per heavy atom. The number of hydrogen-bond donors (Lipinski definition) is 2. The molecule has 0 spiro atoms. The Morgan fingerprint density at radius 3 is 2.74 bits per heavy atom. The zero-order valence-electron chi connectivity index (χ0n) is 10.2. The summed E-state index contributed by atoms with van der Waals surface area (Å²) in [5.41, 5.74) is 7.18. The van der Waals surface area contributed by atoms with Crippen molar-refractivity contribution in [2.45, 2.75) is 6.92 Å². The number of nitrogen functional groups attached to an aromatic ring is 1. The number of nitrogens with one attached hydrogen (secondary N) is 1. The largest absolute Gasteiger partial charge is 0.399 e. The van der Waals surface area contributed by atoms with Crippen LogP contribution < -0.4 is 11.1 Å². The Morgan fingerprint density at radius 2 is 2.05 bits per heavy atom. The van der Waals surface area contributed by atoms with E-state index in [-0.39, 0.29) is 5.56 Å². The molecule has 0 bridgehead atoms. The van der Waals surface area contributed by atoms with Crippen LogP contribution in [0.4, 0.5) is 15.8 Å². The van der Waals surface area contributed by atoms with E-state index in [0.717, 1.165) is 0 Å². The van der Waals surface area contributed by atoms with Crippen LogP contribution in [0.25, 0.3) is 0 Å². The van der Waals surface area contributed by atoms with E-state index in [0.29, 0.717) is 21.4 Å². The van der Waals surface area contributed by atoms with Crippen LogP contribution in [0.15, 0.2) is 40.9 Å². The fourth-order valence-electron chi connectivity index (χ4n) is 1.65. The minimum absolute atomic E-state index is 0.0173. The van der Waals surface area contributed by atoms with E-state index >= 15 is 0 Å². The van der Waals surface area contributed by atoms with Crippen molar-refractivity contribution in [1.82, 2.24) is 0 Å². The Hall–Kier alpha value is -1.88. The van der Waals surface area contributed by atoms with Crippen LogP contribution >= 0.6 is 15.9 Å². The van der Waals surface area contributed by atoms with Crippen molar-refractivity contribution < 1.29 is 9.18 Å². The summed E-state index contributed by atoms with van der Waals surface area (Å²) in [5.74, 6) is -1.00. The third-order valence-electron chi connectivity index (χ3n) is 2.68. The predicted octanol–water partition coefficient (Wildman–Crippen LogP) is 3.73. The van der Waals surface area contributed by atoms with E-state index in [2.05, 4.69) is 21.2 Å². The van der Waals surface area contributed by atoms with Crippen LogP contribution in [0.5, 0.6) is 0 Å². The molecule has 0 heterocycles. The van der Waals surface area contributed by atoms with Crippen molar-refractivity contribution >= 4 is 33.2 Å². The minimum Gasteiger partial charge on any atom is -0.399 e. The van der Waals surface area contributed by atoms with E-state index in [1.807, 2.05) is 0 Å².